The lowest BCUT2D eigenvalue weighted by molar-refractivity contribution is -0.111. The summed E-state index contributed by atoms with van der Waals surface area (Å²) in [5.74, 6) is -0.158. The van der Waals surface area contributed by atoms with E-state index >= 15 is 0 Å². The number of nitrogens with one attached hydrogen (secondary N) is 1. The van der Waals surface area contributed by atoms with Crippen LogP contribution < -0.4 is 5.32 Å². The number of aryl methyl sites for hydroxylation is 2. The van der Waals surface area contributed by atoms with Gasteiger partial charge < -0.3 is 5.32 Å². The van der Waals surface area contributed by atoms with E-state index in [0.717, 1.165) is 21.3 Å². The predicted molar refractivity (Wildman–Crippen MR) is 79.8 cm³/mol. The van der Waals surface area contributed by atoms with Gasteiger partial charge in [0.25, 0.3) is 0 Å². The molecule has 4 nitrogen and oxygen atoms in total. The zero-order valence-corrected chi connectivity index (χ0v) is 12.3. The van der Waals surface area contributed by atoms with Crippen LogP contribution in [0.1, 0.15) is 11.1 Å². The molecule has 0 aliphatic heterocycles. The van der Waals surface area contributed by atoms with Crippen LogP contribution in [0, 0.1) is 6.92 Å². The Hall–Kier alpha value is -1.88. The number of aromatic nitrogens is 2. The molecule has 1 heterocycles. The van der Waals surface area contributed by atoms with Crippen molar-refractivity contribution in [3.63, 3.8) is 0 Å². The fraction of sp³-hybridized carbons (Fsp3) is 0.143. The van der Waals surface area contributed by atoms with Gasteiger partial charge in [-0.2, -0.15) is 5.10 Å². The highest BCUT2D eigenvalue weighted by Gasteiger charge is 2.02. The Morgan fingerprint density at radius 3 is 2.89 bits per heavy atom. The Balaban J connectivity index is 2.03. The first-order valence-corrected chi connectivity index (χ1v) is 6.58. The fourth-order valence-corrected chi connectivity index (χ4v) is 2.12. The van der Waals surface area contributed by atoms with E-state index in [1.165, 1.54) is 6.08 Å². The first kappa shape index (κ1) is 13.5. The maximum Gasteiger partial charge on any atom is 0.248 e. The summed E-state index contributed by atoms with van der Waals surface area (Å²) in [5.41, 5.74) is 2.71. The Kier molecular flexibility index (Phi) is 4.16. The number of nitrogens with zero attached hydrogens (tertiary/aromatic N) is 2. The summed E-state index contributed by atoms with van der Waals surface area (Å²) in [7, 11) is 1.84. The van der Waals surface area contributed by atoms with Crippen molar-refractivity contribution in [1.29, 1.82) is 0 Å². The van der Waals surface area contributed by atoms with Crippen molar-refractivity contribution in [2.24, 2.45) is 7.05 Å². The van der Waals surface area contributed by atoms with Gasteiger partial charge in [-0.05, 0) is 36.8 Å². The van der Waals surface area contributed by atoms with E-state index in [0.29, 0.717) is 0 Å². The summed E-state index contributed by atoms with van der Waals surface area (Å²) in [6.45, 7) is 1.95. The molecule has 0 radical (unpaired) electrons. The van der Waals surface area contributed by atoms with Gasteiger partial charge in [0.1, 0.15) is 0 Å². The van der Waals surface area contributed by atoms with Gasteiger partial charge in [-0.15, -0.1) is 0 Å². The van der Waals surface area contributed by atoms with E-state index in [9.17, 15) is 4.79 Å². The number of halogens is 1. The molecule has 0 aliphatic carbocycles. The number of hydrogen-bond acceptors (Lipinski definition) is 2. The van der Waals surface area contributed by atoms with Crippen LogP contribution in [0.25, 0.3) is 6.08 Å². The minimum Gasteiger partial charge on any atom is -0.322 e. The van der Waals surface area contributed by atoms with E-state index < -0.39 is 0 Å². The molecule has 1 aromatic carbocycles. The summed E-state index contributed by atoms with van der Waals surface area (Å²) in [5, 5.41) is 6.87. The molecule has 1 N–H and O–H groups in total. The minimum absolute atomic E-state index is 0.158. The van der Waals surface area contributed by atoms with Gasteiger partial charge in [0.2, 0.25) is 5.91 Å². The van der Waals surface area contributed by atoms with Crippen LogP contribution in [-0.2, 0) is 11.8 Å². The molecule has 0 spiro atoms. The van der Waals surface area contributed by atoms with Crippen molar-refractivity contribution in [2.45, 2.75) is 6.92 Å². The van der Waals surface area contributed by atoms with E-state index in [1.807, 2.05) is 38.4 Å². The fourth-order valence-electron chi connectivity index (χ4n) is 1.64. The van der Waals surface area contributed by atoms with Crippen molar-refractivity contribution in [1.82, 2.24) is 9.78 Å². The summed E-state index contributed by atoms with van der Waals surface area (Å²) in [6, 6.07) is 5.73. The largest absolute Gasteiger partial charge is 0.322 e. The van der Waals surface area contributed by atoms with Crippen molar-refractivity contribution < 1.29 is 4.79 Å². The van der Waals surface area contributed by atoms with Gasteiger partial charge in [0, 0.05) is 35.0 Å². The van der Waals surface area contributed by atoms with Crippen LogP contribution in [-0.4, -0.2) is 15.7 Å². The number of carbonyl (C=O) groups is 1. The molecule has 1 aromatic heterocycles. The molecule has 19 heavy (non-hydrogen) atoms. The maximum atomic E-state index is 11.8. The SMILES string of the molecule is Cc1cc(Br)ccc1NC(=O)C=Cc1cnn(C)c1. The van der Waals surface area contributed by atoms with Gasteiger partial charge in [-0.1, -0.05) is 15.9 Å². The maximum absolute atomic E-state index is 11.8. The zero-order valence-electron chi connectivity index (χ0n) is 10.7. The lowest BCUT2D eigenvalue weighted by atomic mass is 10.2. The second kappa shape index (κ2) is 5.84. The van der Waals surface area contributed by atoms with Crippen LogP contribution in [0.4, 0.5) is 5.69 Å². The van der Waals surface area contributed by atoms with E-state index in [4.69, 9.17) is 0 Å². The van der Waals surface area contributed by atoms with Crippen LogP contribution in [0.3, 0.4) is 0 Å². The lowest BCUT2D eigenvalue weighted by Crippen LogP contribution is -2.08. The van der Waals surface area contributed by atoms with Gasteiger partial charge in [0.05, 0.1) is 6.20 Å². The Bertz CT molecular complexity index is 631. The smallest absolute Gasteiger partial charge is 0.248 e. The quantitative estimate of drug-likeness (QED) is 0.883. The molecule has 98 valence electrons. The van der Waals surface area contributed by atoms with Crippen LogP contribution in [0.2, 0.25) is 0 Å². The highest BCUT2D eigenvalue weighted by molar-refractivity contribution is 9.10. The lowest BCUT2D eigenvalue weighted by Gasteiger charge is -2.06. The molecule has 0 atom stereocenters. The molecule has 0 fully saturated rings. The van der Waals surface area contributed by atoms with Crippen molar-refractivity contribution in [3.8, 4) is 0 Å². The molecular formula is C14H14BrN3O. The van der Waals surface area contributed by atoms with E-state index in [1.54, 1.807) is 17.0 Å². The molecule has 0 saturated heterocycles. The first-order chi connectivity index (χ1) is 9.04. The van der Waals surface area contributed by atoms with E-state index in [2.05, 4.69) is 26.3 Å². The standard InChI is InChI=1S/C14H14BrN3O/c1-10-7-12(15)4-5-13(10)17-14(19)6-3-11-8-16-18(2)9-11/h3-9H,1-2H3,(H,17,19). The number of amides is 1. The summed E-state index contributed by atoms with van der Waals surface area (Å²) < 4.78 is 2.69. The number of hydrogen-bond donors (Lipinski definition) is 1. The van der Waals surface area contributed by atoms with Crippen LogP contribution in [0.5, 0.6) is 0 Å². The first-order valence-electron chi connectivity index (χ1n) is 5.78. The topological polar surface area (TPSA) is 46.9 Å². The molecule has 0 bridgehead atoms. The van der Waals surface area contributed by atoms with Crippen molar-refractivity contribution >= 4 is 33.6 Å². The monoisotopic (exact) mass is 319 g/mol. The number of carbonyl (C=O) groups excluding carboxylic acids is 1. The Morgan fingerprint density at radius 1 is 1.47 bits per heavy atom. The van der Waals surface area contributed by atoms with Gasteiger partial charge in [-0.25, -0.2) is 0 Å². The second-order valence-electron chi connectivity index (χ2n) is 4.23. The molecule has 2 rings (SSSR count). The van der Waals surface area contributed by atoms with Gasteiger partial charge in [-0.3, -0.25) is 9.48 Å². The number of benzene rings is 1. The highest BCUT2D eigenvalue weighted by Crippen LogP contribution is 2.19. The third-order valence-corrected chi connectivity index (χ3v) is 3.09. The van der Waals surface area contributed by atoms with E-state index in [-0.39, 0.29) is 5.91 Å². The average Bonchev–Trinajstić information content (AvgIpc) is 2.76. The predicted octanol–water partition coefficient (Wildman–Crippen LogP) is 3.14. The zero-order chi connectivity index (χ0) is 13.8. The third-order valence-electron chi connectivity index (χ3n) is 2.60. The summed E-state index contributed by atoms with van der Waals surface area (Å²) in [6.07, 6.45) is 6.78. The molecule has 0 unspecified atom stereocenters. The molecular weight excluding hydrogens is 306 g/mol. The van der Waals surface area contributed by atoms with Gasteiger partial charge >= 0.3 is 0 Å². The van der Waals surface area contributed by atoms with Crippen molar-refractivity contribution in [3.05, 3.63) is 52.3 Å². The van der Waals surface area contributed by atoms with Crippen molar-refractivity contribution in [2.75, 3.05) is 5.32 Å². The molecule has 1 amide bonds. The highest BCUT2D eigenvalue weighted by atomic mass is 79.9. The summed E-state index contributed by atoms with van der Waals surface area (Å²) in [4.78, 5) is 11.8. The molecule has 2 aromatic rings. The third kappa shape index (κ3) is 3.79. The normalized spacial score (nSPS) is 10.9. The average molecular weight is 320 g/mol. The number of anilines is 1. The second-order valence-corrected chi connectivity index (χ2v) is 5.14. The molecule has 5 heteroatoms. The number of rotatable bonds is 3. The Labute approximate surface area is 120 Å². The molecule has 0 aliphatic rings. The Morgan fingerprint density at radius 2 is 2.26 bits per heavy atom. The summed E-state index contributed by atoms with van der Waals surface area (Å²) >= 11 is 3.39. The molecule has 0 saturated carbocycles. The van der Waals surface area contributed by atoms with Crippen LogP contribution in [0.15, 0.2) is 41.1 Å². The van der Waals surface area contributed by atoms with Gasteiger partial charge in [0.15, 0.2) is 0 Å². The van der Waals surface area contributed by atoms with Crippen LogP contribution >= 0.6 is 15.9 Å². The minimum atomic E-state index is -0.158.